The number of sulfonamides is 1. The second kappa shape index (κ2) is 6.88. The molecule has 19 heavy (non-hydrogen) atoms. The van der Waals surface area contributed by atoms with Gasteiger partial charge in [-0.1, -0.05) is 30.7 Å². The van der Waals surface area contributed by atoms with Gasteiger partial charge in [0.05, 0.1) is 5.02 Å². The molecule has 0 heterocycles. The van der Waals surface area contributed by atoms with E-state index in [1.54, 1.807) is 19.1 Å². The van der Waals surface area contributed by atoms with Crippen LogP contribution < -0.4 is 4.72 Å². The lowest BCUT2D eigenvalue weighted by atomic mass is 10.1. The molecule has 0 amide bonds. The molecule has 1 aromatic carbocycles. The highest BCUT2D eigenvalue weighted by molar-refractivity contribution is 7.89. The first-order chi connectivity index (χ1) is 8.83. The van der Waals surface area contributed by atoms with Gasteiger partial charge in [0.15, 0.2) is 0 Å². The van der Waals surface area contributed by atoms with Gasteiger partial charge < -0.3 is 5.11 Å². The summed E-state index contributed by atoms with van der Waals surface area (Å²) >= 11 is 5.83. The van der Waals surface area contributed by atoms with Crippen LogP contribution in [0.15, 0.2) is 29.2 Å². The van der Waals surface area contributed by atoms with Crippen molar-refractivity contribution in [2.24, 2.45) is 5.92 Å². The van der Waals surface area contributed by atoms with Gasteiger partial charge in [-0.25, -0.2) is 13.1 Å². The Morgan fingerprint density at radius 2 is 2.05 bits per heavy atom. The number of halogens is 1. The van der Waals surface area contributed by atoms with Crippen LogP contribution in [0.5, 0.6) is 0 Å². The Morgan fingerprint density at radius 1 is 1.42 bits per heavy atom. The smallest absolute Gasteiger partial charge is 0.303 e. The number of nitrogens with one attached hydrogen (secondary N) is 1. The normalized spacial score (nSPS) is 13.2. The maximum absolute atomic E-state index is 12.0. The van der Waals surface area contributed by atoms with Crippen LogP contribution >= 0.6 is 11.6 Å². The average Bonchev–Trinajstić information content (AvgIpc) is 2.34. The lowest BCUT2D eigenvalue weighted by Gasteiger charge is -2.12. The molecule has 2 N–H and O–H groups in total. The molecule has 0 aliphatic heterocycles. The zero-order chi connectivity index (χ0) is 14.5. The Kier molecular flexibility index (Phi) is 5.78. The Bertz CT molecular complexity index is 544. The van der Waals surface area contributed by atoms with Gasteiger partial charge in [-0.15, -0.1) is 0 Å². The van der Waals surface area contributed by atoms with E-state index in [1.165, 1.54) is 12.1 Å². The largest absolute Gasteiger partial charge is 0.481 e. The molecule has 7 heteroatoms. The topological polar surface area (TPSA) is 83.5 Å². The molecule has 0 spiro atoms. The zero-order valence-electron chi connectivity index (χ0n) is 10.5. The van der Waals surface area contributed by atoms with Gasteiger partial charge in [-0.3, -0.25) is 4.79 Å². The minimum absolute atomic E-state index is 0.0228. The average molecular weight is 306 g/mol. The van der Waals surface area contributed by atoms with Crippen molar-refractivity contribution in [2.45, 2.75) is 24.7 Å². The molecular formula is C12H16ClNO4S. The summed E-state index contributed by atoms with van der Waals surface area (Å²) in [6, 6.07) is 6.17. The zero-order valence-corrected chi connectivity index (χ0v) is 12.0. The predicted octanol–water partition coefficient (Wildman–Crippen LogP) is 2.12. The molecule has 0 radical (unpaired) electrons. The second-order valence-electron chi connectivity index (χ2n) is 4.32. The lowest BCUT2D eigenvalue weighted by molar-refractivity contribution is -0.137. The highest BCUT2D eigenvalue weighted by Crippen LogP contribution is 2.20. The molecule has 1 rings (SSSR count). The van der Waals surface area contributed by atoms with E-state index in [-0.39, 0.29) is 28.8 Å². The number of rotatable bonds is 7. The molecule has 0 aliphatic carbocycles. The van der Waals surface area contributed by atoms with Crippen LogP contribution in [0.3, 0.4) is 0 Å². The molecule has 0 aromatic heterocycles. The first kappa shape index (κ1) is 15.9. The van der Waals surface area contributed by atoms with E-state index in [2.05, 4.69) is 4.72 Å². The van der Waals surface area contributed by atoms with Gasteiger partial charge in [0, 0.05) is 13.0 Å². The van der Waals surface area contributed by atoms with Gasteiger partial charge in [-0.05, 0) is 24.5 Å². The van der Waals surface area contributed by atoms with E-state index < -0.39 is 16.0 Å². The van der Waals surface area contributed by atoms with E-state index in [4.69, 9.17) is 16.7 Å². The van der Waals surface area contributed by atoms with Crippen molar-refractivity contribution in [2.75, 3.05) is 6.54 Å². The van der Waals surface area contributed by atoms with Crippen LogP contribution in [0, 0.1) is 5.92 Å². The molecule has 1 aromatic rings. The van der Waals surface area contributed by atoms with Crippen LogP contribution in [0.1, 0.15) is 19.8 Å². The molecule has 0 aliphatic rings. The van der Waals surface area contributed by atoms with Crippen LogP contribution in [-0.4, -0.2) is 26.0 Å². The summed E-state index contributed by atoms with van der Waals surface area (Å²) in [6.07, 6.45) is 0.440. The minimum Gasteiger partial charge on any atom is -0.481 e. The van der Waals surface area contributed by atoms with Crippen molar-refractivity contribution in [3.8, 4) is 0 Å². The number of hydrogen-bond donors (Lipinski definition) is 2. The van der Waals surface area contributed by atoms with Gasteiger partial charge in [0.25, 0.3) is 0 Å². The molecule has 0 saturated heterocycles. The molecule has 5 nitrogen and oxygen atoms in total. The summed E-state index contributed by atoms with van der Waals surface area (Å²) in [5.41, 5.74) is 0. The predicted molar refractivity (Wildman–Crippen MR) is 72.7 cm³/mol. The van der Waals surface area contributed by atoms with Crippen LogP contribution in [0.2, 0.25) is 5.02 Å². The van der Waals surface area contributed by atoms with Gasteiger partial charge in [0.2, 0.25) is 10.0 Å². The Morgan fingerprint density at radius 3 is 2.63 bits per heavy atom. The fourth-order valence-corrected chi connectivity index (χ4v) is 3.15. The maximum Gasteiger partial charge on any atom is 0.303 e. The van der Waals surface area contributed by atoms with Crippen molar-refractivity contribution in [3.05, 3.63) is 29.3 Å². The summed E-state index contributed by atoms with van der Waals surface area (Å²) in [5.74, 6) is -0.950. The fraction of sp³-hybridized carbons (Fsp3) is 0.417. The molecule has 0 saturated carbocycles. The summed E-state index contributed by atoms with van der Waals surface area (Å²) in [7, 11) is -3.65. The van der Waals surface area contributed by atoms with Crippen LogP contribution in [-0.2, 0) is 14.8 Å². The maximum atomic E-state index is 12.0. The third-order valence-corrected chi connectivity index (χ3v) is 4.52. The first-order valence-electron chi connectivity index (χ1n) is 5.79. The SMILES string of the molecule is CC(CCC(=O)O)CNS(=O)(=O)c1ccccc1Cl. The van der Waals surface area contributed by atoms with Crippen molar-refractivity contribution in [1.82, 2.24) is 4.72 Å². The number of carboxylic acid groups (broad SMARTS) is 1. The summed E-state index contributed by atoms with van der Waals surface area (Å²) in [5, 5.41) is 8.71. The highest BCUT2D eigenvalue weighted by atomic mass is 35.5. The van der Waals surface area contributed by atoms with E-state index >= 15 is 0 Å². The summed E-state index contributed by atoms with van der Waals surface area (Å²) in [4.78, 5) is 10.4. The lowest BCUT2D eigenvalue weighted by Crippen LogP contribution is -2.28. The number of hydrogen-bond acceptors (Lipinski definition) is 3. The first-order valence-corrected chi connectivity index (χ1v) is 7.65. The number of carbonyl (C=O) groups is 1. The van der Waals surface area contributed by atoms with Crippen LogP contribution in [0.25, 0.3) is 0 Å². The van der Waals surface area contributed by atoms with Gasteiger partial charge in [0.1, 0.15) is 4.90 Å². The summed E-state index contributed by atoms with van der Waals surface area (Å²) in [6.45, 7) is 1.97. The third kappa shape index (κ3) is 5.18. The highest BCUT2D eigenvalue weighted by Gasteiger charge is 2.18. The quantitative estimate of drug-likeness (QED) is 0.808. The number of benzene rings is 1. The van der Waals surface area contributed by atoms with E-state index in [0.717, 1.165) is 0 Å². The Hall–Kier alpha value is -1.11. The van der Waals surface area contributed by atoms with Gasteiger partial charge in [-0.2, -0.15) is 0 Å². The third-order valence-electron chi connectivity index (χ3n) is 2.60. The Balaban J connectivity index is 2.61. The van der Waals surface area contributed by atoms with E-state index in [0.29, 0.717) is 6.42 Å². The number of carboxylic acids is 1. The minimum atomic E-state index is -3.65. The van der Waals surface area contributed by atoms with Crippen LogP contribution in [0.4, 0.5) is 0 Å². The van der Waals surface area contributed by atoms with Crippen molar-refractivity contribution < 1.29 is 18.3 Å². The molecule has 1 atom stereocenters. The monoisotopic (exact) mass is 305 g/mol. The van der Waals surface area contributed by atoms with Crippen molar-refractivity contribution >= 4 is 27.6 Å². The van der Waals surface area contributed by atoms with E-state index in [1.807, 2.05) is 0 Å². The molecule has 1 unspecified atom stereocenters. The number of aliphatic carboxylic acids is 1. The van der Waals surface area contributed by atoms with Crippen molar-refractivity contribution in [1.29, 1.82) is 0 Å². The molecule has 106 valence electrons. The summed E-state index contributed by atoms with van der Waals surface area (Å²) < 4.78 is 26.4. The second-order valence-corrected chi connectivity index (χ2v) is 6.46. The molecule has 0 fully saturated rings. The molecule has 0 bridgehead atoms. The fourth-order valence-electron chi connectivity index (χ4n) is 1.46. The van der Waals surface area contributed by atoms with Gasteiger partial charge >= 0.3 is 5.97 Å². The van der Waals surface area contributed by atoms with E-state index in [9.17, 15) is 13.2 Å². The Labute approximate surface area is 117 Å². The van der Waals surface area contributed by atoms with Crippen molar-refractivity contribution in [3.63, 3.8) is 0 Å². The molecular weight excluding hydrogens is 290 g/mol. The standard InChI is InChI=1S/C12H16ClNO4S/c1-9(6-7-12(15)16)8-14-19(17,18)11-5-3-2-4-10(11)13/h2-5,9,14H,6-8H2,1H3,(H,15,16).